The molecule has 2 aromatic rings. The fraction of sp³-hybridized carbons (Fsp3) is 0.619. The van der Waals surface area contributed by atoms with E-state index < -0.39 is 0 Å². The molecule has 0 radical (unpaired) electrons. The van der Waals surface area contributed by atoms with Crippen molar-refractivity contribution in [1.29, 1.82) is 0 Å². The van der Waals surface area contributed by atoms with Gasteiger partial charge in [-0.3, -0.25) is 4.90 Å². The van der Waals surface area contributed by atoms with E-state index in [4.69, 9.17) is 4.74 Å². The van der Waals surface area contributed by atoms with Crippen LogP contribution in [0.4, 0.5) is 5.82 Å². The quantitative estimate of drug-likeness (QED) is 0.888. The number of aromatic nitrogens is 2. The van der Waals surface area contributed by atoms with Crippen molar-refractivity contribution < 1.29 is 4.74 Å². The standard InChI is InChI=1S/C21H30N4O/c1-2-3-16-4-9-20-19(14-16)21(23-15-22-20)24-17-5-7-18(8-6-17)25-10-12-26-13-11-25/h4,9,14-15,17-18H,2-3,5-8,10-13H2,1H3,(H,22,23,24). The Balaban J connectivity index is 1.42. The third-order valence-corrected chi connectivity index (χ3v) is 5.84. The van der Waals surface area contributed by atoms with Gasteiger partial charge in [0.05, 0.1) is 18.7 Å². The van der Waals surface area contributed by atoms with Crippen LogP contribution in [0.25, 0.3) is 10.9 Å². The van der Waals surface area contributed by atoms with Crippen molar-refractivity contribution in [1.82, 2.24) is 14.9 Å². The summed E-state index contributed by atoms with van der Waals surface area (Å²) in [5.41, 5.74) is 2.40. The Morgan fingerprint density at radius 3 is 2.69 bits per heavy atom. The molecule has 5 nitrogen and oxygen atoms in total. The summed E-state index contributed by atoms with van der Waals surface area (Å²) in [6.07, 6.45) is 8.90. The zero-order valence-electron chi connectivity index (χ0n) is 15.8. The zero-order chi connectivity index (χ0) is 17.8. The summed E-state index contributed by atoms with van der Waals surface area (Å²) in [6, 6.07) is 7.83. The maximum Gasteiger partial charge on any atom is 0.137 e. The van der Waals surface area contributed by atoms with Crippen molar-refractivity contribution in [2.45, 2.75) is 57.5 Å². The molecular formula is C21H30N4O. The van der Waals surface area contributed by atoms with Crippen LogP contribution < -0.4 is 5.32 Å². The lowest BCUT2D eigenvalue weighted by Crippen LogP contribution is -2.46. The largest absolute Gasteiger partial charge is 0.379 e. The highest BCUT2D eigenvalue weighted by atomic mass is 16.5. The summed E-state index contributed by atoms with van der Waals surface area (Å²) in [5.74, 6) is 1.00. The number of aryl methyl sites for hydroxylation is 1. The molecule has 1 aliphatic carbocycles. The van der Waals surface area contributed by atoms with Crippen molar-refractivity contribution in [3.8, 4) is 0 Å². The first-order valence-electron chi connectivity index (χ1n) is 10.2. The van der Waals surface area contributed by atoms with Gasteiger partial charge in [-0.15, -0.1) is 0 Å². The van der Waals surface area contributed by atoms with Gasteiger partial charge in [-0.1, -0.05) is 19.4 Å². The third kappa shape index (κ3) is 3.99. The molecule has 1 aliphatic heterocycles. The van der Waals surface area contributed by atoms with Crippen LogP contribution in [0.2, 0.25) is 0 Å². The molecule has 0 unspecified atom stereocenters. The van der Waals surface area contributed by atoms with Crippen LogP contribution in [-0.2, 0) is 11.2 Å². The van der Waals surface area contributed by atoms with Crippen molar-refractivity contribution >= 4 is 16.7 Å². The lowest BCUT2D eigenvalue weighted by Gasteiger charge is -2.39. The number of nitrogens with one attached hydrogen (secondary N) is 1. The maximum atomic E-state index is 5.49. The molecule has 0 spiro atoms. The normalized spacial score (nSPS) is 24.7. The summed E-state index contributed by atoms with van der Waals surface area (Å²) in [5, 5.41) is 4.88. The first kappa shape index (κ1) is 17.7. The molecule has 1 aromatic carbocycles. The number of fused-ring (bicyclic) bond motifs is 1. The fourth-order valence-corrected chi connectivity index (χ4v) is 4.38. The molecule has 1 saturated carbocycles. The summed E-state index contributed by atoms with van der Waals surface area (Å²) in [7, 11) is 0. The topological polar surface area (TPSA) is 50.3 Å². The fourth-order valence-electron chi connectivity index (χ4n) is 4.38. The van der Waals surface area contributed by atoms with Crippen molar-refractivity contribution in [3.05, 3.63) is 30.1 Å². The minimum absolute atomic E-state index is 0.514. The highest BCUT2D eigenvalue weighted by Crippen LogP contribution is 2.28. The number of nitrogens with zero attached hydrogens (tertiary/aromatic N) is 3. The SMILES string of the molecule is CCCc1ccc2ncnc(NC3CCC(N4CCOCC4)CC3)c2c1. The van der Waals surface area contributed by atoms with E-state index >= 15 is 0 Å². The smallest absolute Gasteiger partial charge is 0.137 e. The second kappa shape index (κ2) is 8.31. The second-order valence-corrected chi connectivity index (χ2v) is 7.62. The second-order valence-electron chi connectivity index (χ2n) is 7.62. The lowest BCUT2D eigenvalue weighted by molar-refractivity contribution is 0.00791. The van der Waals surface area contributed by atoms with E-state index in [9.17, 15) is 0 Å². The Morgan fingerprint density at radius 1 is 1.12 bits per heavy atom. The van der Waals surface area contributed by atoms with Gasteiger partial charge >= 0.3 is 0 Å². The minimum atomic E-state index is 0.514. The number of ether oxygens (including phenoxy) is 1. The van der Waals surface area contributed by atoms with Crippen molar-refractivity contribution in [2.24, 2.45) is 0 Å². The minimum Gasteiger partial charge on any atom is -0.379 e. The number of anilines is 1. The van der Waals surface area contributed by atoms with E-state index in [2.05, 4.69) is 45.3 Å². The average molecular weight is 354 g/mol. The molecule has 2 fully saturated rings. The van der Waals surface area contributed by atoms with Gasteiger partial charge in [0, 0.05) is 30.6 Å². The van der Waals surface area contributed by atoms with Crippen molar-refractivity contribution in [2.75, 3.05) is 31.6 Å². The van der Waals surface area contributed by atoms with Crippen LogP contribution in [0.3, 0.4) is 0 Å². The molecule has 2 aliphatic rings. The predicted octanol–water partition coefficient (Wildman–Crippen LogP) is 3.64. The van der Waals surface area contributed by atoms with Gasteiger partial charge in [0.2, 0.25) is 0 Å². The monoisotopic (exact) mass is 354 g/mol. The van der Waals surface area contributed by atoms with Gasteiger partial charge in [-0.2, -0.15) is 0 Å². The summed E-state index contributed by atoms with van der Waals surface area (Å²) >= 11 is 0. The van der Waals surface area contributed by atoms with Gasteiger partial charge in [0.1, 0.15) is 12.1 Å². The Morgan fingerprint density at radius 2 is 1.92 bits per heavy atom. The number of morpholine rings is 1. The predicted molar refractivity (Wildman–Crippen MR) is 106 cm³/mol. The van der Waals surface area contributed by atoms with E-state index in [0.717, 1.165) is 61.9 Å². The number of hydrogen-bond acceptors (Lipinski definition) is 5. The summed E-state index contributed by atoms with van der Waals surface area (Å²) in [4.78, 5) is 11.6. The molecule has 1 N–H and O–H groups in total. The highest BCUT2D eigenvalue weighted by molar-refractivity contribution is 5.89. The molecule has 2 heterocycles. The Hall–Kier alpha value is -1.72. The van der Waals surface area contributed by atoms with Crippen LogP contribution in [0.1, 0.15) is 44.6 Å². The molecule has 26 heavy (non-hydrogen) atoms. The Bertz CT molecular complexity index is 721. The highest BCUT2D eigenvalue weighted by Gasteiger charge is 2.27. The van der Waals surface area contributed by atoms with Crippen LogP contribution in [-0.4, -0.2) is 53.3 Å². The van der Waals surface area contributed by atoms with Crippen LogP contribution in [0.5, 0.6) is 0 Å². The summed E-state index contributed by atoms with van der Waals surface area (Å²) in [6.45, 7) is 6.20. The molecule has 4 rings (SSSR count). The van der Waals surface area contributed by atoms with E-state index in [-0.39, 0.29) is 0 Å². The van der Waals surface area contributed by atoms with Crippen LogP contribution >= 0.6 is 0 Å². The number of hydrogen-bond donors (Lipinski definition) is 1. The molecule has 1 aromatic heterocycles. The van der Waals surface area contributed by atoms with Crippen LogP contribution in [0, 0.1) is 0 Å². The van der Waals surface area contributed by atoms with E-state index in [1.54, 1.807) is 6.33 Å². The molecule has 1 saturated heterocycles. The first-order chi connectivity index (χ1) is 12.8. The van der Waals surface area contributed by atoms with Gasteiger partial charge in [-0.05, 0) is 49.8 Å². The molecule has 5 heteroatoms. The van der Waals surface area contributed by atoms with Gasteiger partial charge in [0.25, 0.3) is 0 Å². The van der Waals surface area contributed by atoms with Gasteiger partial charge < -0.3 is 10.1 Å². The maximum absolute atomic E-state index is 5.49. The molecule has 0 bridgehead atoms. The zero-order valence-corrected chi connectivity index (χ0v) is 15.8. The molecular weight excluding hydrogens is 324 g/mol. The average Bonchev–Trinajstić information content (AvgIpc) is 2.70. The van der Waals surface area contributed by atoms with Crippen LogP contribution in [0.15, 0.2) is 24.5 Å². The van der Waals surface area contributed by atoms with Gasteiger partial charge in [0.15, 0.2) is 0 Å². The lowest BCUT2D eigenvalue weighted by atomic mass is 9.90. The molecule has 0 atom stereocenters. The Labute approximate surface area is 156 Å². The third-order valence-electron chi connectivity index (χ3n) is 5.84. The Kier molecular flexibility index (Phi) is 5.65. The molecule has 140 valence electrons. The van der Waals surface area contributed by atoms with E-state index in [1.807, 2.05) is 0 Å². The van der Waals surface area contributed by atoms with E-state index in [1.165, 1.54) is 31.2 Å². The van der Waals surface area contributed by atoms with E-state index in [0.29, 0.717) is 6.04 Å². The number of rotatable bonds is 5. The van der Waals surface area contributed by atoms with Gasteiger partial charge in [-0.25, -0.2) is 9.97 Å². The van der Waals surface area contributed by atoms with Crippen molar-refractivity contribution in [3.63, 3.8) is 0 Å². The number of benzene rings is 1. The molecule has 0 amide bonds. The summed E-state index contributed by atoms with van der Waals surface area (Å²) < 4.78 is 5.49. The first-order valence-corrected chi connectivity index (χ1v) is 10.2.